The van der Waals surface area contributed by atoms with Gasteiger partial charge in [0.15, 0.2) is 5.78 Å². The normalized spacial score (nSPS) is 11.1. The zero-order chi connectivity index (χ0) is 22.7. The Labute approximate surface area is 186 Å². The Morgan fingerprint density at radius 2 is 1.66 bits per heavy atom. The number of hydrogen-bond acceptors (Lipinski definition) is 3. The molecule has 32 heavy (non-hydrogen) atoms. The van der Waals surface area contributed by atoms with E-state index in [4.69, 9.17) is 0 Å². The van der Waals surface area contributed by atoms with Gasteiger partial charge in [0.25, 0.3) is 5.56 Å². The number of carbonyl (C=O) groups excluding carboxylic acids is 1. The number of hydrogen-bond donors (Lipinski definition) is 1. The molecule has 3 aromatic carbocycles. The van der Waals surface area contributed by atoms with Crippen molar-refractivity contribution >= 4 is 16.6 Å². The van der Waals surface area contributed by atoms with Crippen molar-refractivity contribution in [3.8, 4) is 0 Å². The van der Waals surface area contributed by atoms with Crippen LogP contribution in [-0.4, -0.2) is 15.3 Å². The van der Waals surface area contributed by atoms with E-state index in [9.17, 15) is 14.4 Å². The number of Topliss-reactive ketones (excluding diaryl/α,β-unsaturated/α-hetero) is 1. The number of aromatic nitrogens is 2. The summed E-state index contributed by atoms with van der Waals surface area (Å²) >= 11 is 0. The summed E-state index contributed by atoms with van der Waals surface area (Å²) in [6.45, 7) is 3.84. The number of aryl methyl sites for hydroxylation is 1. The number of H-pyrrole nitrogens is 1. The highest BCUT2D eigenvalue weighted by Crippen LogP contribution is 2.22. The van der Waals surface area contributed by atoms with E-state index < -0.39 is 5.69 Å². The predicted octanol–water partition coefficient (Wildman–Crippen LogP) is 4.42. The van der Waals surface area contributed by atoms with Crippen molar-refractivity contribution in [1.82, 2.24) is 9.55 Å². The molecule has 0 spiro atoms. The fourth-order valence-electron chi connectivity index (χ4n) is 4.14. The Balaban J connectivity index is 1.83. The molecule has 5 heteroatoms. The highest BCUT2D eigenvalue weighted by atomic mass is 16.2. The van der Waals surface area contributed by atoms with E-state index in [-0.39, 0.29) is 17.9 Å². The molecular weight excluding hydrogens is 400 g/mol. The van der Waals surface area contributed by atoms with Crippen molar-refractivity contribution in [1.29, 1.82) is 0 Å². The number of ketones is 1. The van der Waals surface area contributed by atoms with E-state index >= 15 is 0 Å². The topological polar surface area (TPSA) is 71.9 Å². The number of fused-ring (bicyclic) bond motifs is 1. The van der Waals surface area contributed by atoms with Gasteiger partial charge in [-0.1, -0.05) is 85.6 Å². The van der Waals surface area contributed by atoms with Crippen molar-refractivity contribution in [3.63, 3.8) is 0 Å². The molecule has 0 amide bonds. The molecule has 0 saturated heterocycles. The van der Waals surface area contributed by atoms with E-state index in [1.165, 1.54) is 4.57 Å². The van der Waals surface area contributed by atoms with Gasteiger partial charge in [0.2, 0.25) is 0 Å². The Hall–Kier alpha value is -3.73. The Kier molecular flexibility index (Phi) is 6.17. The van der Waals surface area contributed by atoms with Crippen molar-refractivity contribution in [2.75, 3.05) is 0 Å². The van der Waals surface area contributed by atoms with E-state index in [1.807, 2.05) is 68.4 Å². The lowest BCUT2D eigenvalue weighted by Crippen LogP contribution is -2.37. The van der Waals surface area contributed by atoms with Crippen molar-refractivity contribution < 1.29 is 4.79 Å². The number of nitrogens with zero attached hydrogens (tertiary/aromatic N) is 1. The largest absolute Gasteiger partial charge is 0.328 e. The van der Waals surface area contributed by atoms with Gasteiger partial charge in [-0.05, 0) is 29.7 Å². The Bertz CT molecular complexity index is 1390. The number of benzene rings is 3. The van der Waals surface area contributed by atoms with Crippen LogP contribution in [-0.2, 0) is 19.4 Å². The summed E-state index contributed by atoms with van der Waals surface area (Å²) in [6, 6.07) is 21.4. The van der Waals surface area contributed by atoms with Crippen LogP contribution in [0.4, 0.5) is 0 Å². The second-order valence-electron chi connectivity index (χ2n) is 8.12. The first-order valence-electron chi connectivity index (χ1n) is 10.9. The number of carbonyl (C=O) groups is 1. The molecule has 1 N–H and O–H groups in total. The molecule has 5 nitrogen and oxygen atoms in total. The van der Waals surface area contributed by atoms with Crippen LogP contribution in [0, 0.1) is 6.92 Å². The molecule has 0 bridgehead atoms. The molecule has 0 atom stereocenters. The fourth-order valence-corrected chi connectivity index (χ4v) is 4.14. The zero-order valence-corrected chi connectivity index (χ0v) is 18.4. The zero-order valence-electron chi connectivity index (χ0n) is 18.4. The van der Waals surface area contributed by atoms with Gasteiger partial charge >= 0.3 is 5.69 Å². The molecule has 4 aromatic rings. The predicted molar refractivity (Wildman–Crippen MR) is 128 cm³/mol. The number of aromatic amines is 1. The minimum Gasteiger partial charge on any atom is -0.292 e. The maximum absolute atomic E-state index is 13.0. The lowest BCUT2D eigenvalue weighted by molar-refractivity contribution is 0.0969. The fraction of sp³-hybridized carbons (Fsp3) is 0.222. The van der Waals surface area contributed by atoms with Crippen molar-refractivity contribution in [2.24, 2.45) is 0 Å². The van der Waals surface area contributed by atoms with Crippen molar-refractivity contribution in [3.05, 3.63) is 116 Å². The summed E-state index contributed by atoms with van der Waals surface area (Å²) in [6.07, 6.45) is 1.70. The van der Waals surface area contributed by atoms with E-state index in [2.05, 4.69) is 4.98 Å². The molecule has 0 aliphatic carbocycles. The number of rotatable bonds is 7. The van der Waals surface area contributed by atoms with Gasteiger partial charge < -0.3 is 0 Å². The first-order chi connectivity index (χ1) is 15.5. The molecule has 0 radical (unpaired) electrons. The minimum absolute atomic E-state index is 0.116. The second-order valence-corrected chi connectivity index (χ2v) is 8.12. The van der Waals surface area contributed by atoms with Crippen LogP contribution in [0.15, 0.2) is 76.3 Å². The van der Waals surface area contributed by atoms with Crippen LogP contribution in [0.1, 0.15) is 46.1 Å². The molecule has 4 rings (SSSR count). The van der Waals surface area contributed by atoms with Crippen LogP contribution in [0.5, 0.6) is 0 Å². The molecule has 0 aliphatic heterocycles. The summed E-state index contributed by atoms with van der Waals surface area (Å²) in [7, 11) is 0. The molecular formula is C27H26N2O3. The maximum atomic E-state index is 13.0. The SMILES string of the molecule is CCCc1c(Cc2cccc3ccccc23)n(CC(=O)c2ccc(C)cc2)c(=O)[nH]c1=O. The van der Waals surface area contributed by atoms with Crippen LogP contribution in [0.3, 0.4) is 0 Å². The molecule has 0 aliphatic rings. The highest BCUT2D eigenvalue weighted by Gasteiger charge is 2.18. The van der Waals surface area contributed by atoms with Crippen LogP contribution in [0.2, 0.25) is 0 Å². The van der Waals surface area contributed by atoms with Gasteiger partial charge in [0.1, 0.15) is 0 Å². The highest BCUT2D eigenvalue weighted by molar-refractivity contribution is 5.96. The van der Waals surface area contributed by atoms with Crippen LogP contribution < -0.4 is 11.2 Å². The third kappa shape index (κ3) is 4.33. The minimum atomic E-state index is -0.550. The van der Waals surface area contributed by atoms with Gasteiger partial charge in [0.05, 0.1) is 6.54 Å². The molecule has 1 aromatic heterocycles. The lowest BCUT2D eigenvalue weighted by atomic mass is 9.97. The summed E-state index contributed by atoms with van der Waals surface area (Å²) < 4.78 is 1.44. The molecule has 162 valence electrons. The summed E-state index contributed by atoms with van der Waals surface area (Å²) in [5.74, 6) is -0.166. The van der Waals surface area contributed by atoms with Gasteiger partial charge in [-0.25, -0.2) is 4.79 Å². The van der Waals surface area contributed by atoms with Crippen molar-refractivity contribution in [2.45, 2.75) is 39.7 Å². The average Bonchev–Trinajstić information content (AvgIpc) is 2.79. The van der Waals surface area contributed by atoms with Gasteiger partial charge in [0, 0.05) is 23.2 Å². The lowest BCUT2D eigenvalue weighted by Gasteiger charge is -2.17. The first kappa shape index (κ1) is 21.5. The van der Waals surface area contributed by atoms with Crippen LogP contribution >= 0.6 is 0 Å². The van der Waals surface area contributed by atoms with Crippen LogP contribution in [0.25, 0.3) is 10.8 Å². The molecule has 0 saturated carbocycles. The second kappa shape index (κ2) is 9.18. The summed E-state index contributed by atoms with van der Waals surface area (Å²) in [5, 5.41) is 2.16. The monoisotopic (exact) mass is 426 g/mol. The molecule has 0 unspecified atom stereocenters. The summed E-state index contributed by atoms with van der Waals surface area (Å²) in [5.41, 5.74) is 2.87. The van der Waals surface area contributed by atoms with Gasteiger partial charge in [-0.3, -0.25) is 19.1 Å². The third-order valence-corrected chi connectivity index (χ3v) is 5.83. The standard InChI is InChI=1S/C27H26N2O3/c1-3-7-23-24(16-21-10-6-9-19-8-4-5-11-22(19)21)29(27(32)28-26(23)31)17-25(30)20-14-12-18(2)13-15-20/h4-6,8-15H,3,7,16-17H2,1-2H3,(H,28,31,32). The maximum Gasteiger partial charge on any atom is 0.328 e. The molecule has 0 fully saturated rings. The Morgan fingerprint density at radius 3 is 2.41 bits per heavy atom. The van der Waals surface area contributed by atoms with E-state index in [1.54, 1.807) is 12.1 Å². The Morgan fingerprint density at radius 1 is 0.938 bits per heavy atom. The molecule has 1 heterocycles. The smallest absolute Gasteiger partial charge is 0.292 e. The average molecular weight is 427 g/mol. The third-order valence-electron chi connectivity index (χ3n) is 5.83. The quantitative estimate of drug-likeness (QED) is 0.445. The van der Waals surface area contributed by atoms with E-state index in [0.29, 0.717) is 29.7 Å². The van der Waals surface area contributed by atoms with Gasteiger partial charge in [-0.2, -0.15) is 0 Å². The van der Waals surface area contributed by atoms with E-state index in [0.717, 1.165) is 28.3 Å². The number of nitrogens with one attached hydrogen (secondary N) is 1. The first-order valence-corrected chi connectivity index (χ1v) is 10.9. The summed E-state index contributed by atoms with van der Waals surface area (Å²) in [4.78, 5) is 41.0. The van der Waals surface area contributed by atoms with Gasteiger partial charge in [-0.15, -0.1) is 0 Å².